The van der Waals surface area contributed by atoms with Crippen molar-refractivity contribution in [3.05, 3.63) is 29.6 Å². The molecule has 2 unspecified atom stereocenters. The standard InChI is InChI=1S/C13H14FN3O3S/c14-12-9(7-1-2-8(15)5-7)3-4-10(18)13(12)17-6-11(19)16-21(17)20/h1,3-4,8,18H,2,5-6,15H2,(H,16,19). The lowest BCUT2D eigenvalue weighted by atomic mass is 10.0. The van der Waals surface area contributed by atoms with Crippen LogP contribution in [0.4, 0.5) is 10.1 Å². The zero-order valence-corrected chi connectivity index (χ0v) is 11.8. The van der Waals surface area contributed by atoms with Gasteiger partial charge in [0.15, 0.2) is 5.82 Å². The average molecular weight is 311 g/mol. The molecule has 3 rings (SSSR count). The van der Waals surface area contributed by atoms with Gasteiger partial charge in [0.05, 0.1) is 0 Å². The number of carbonyl (C=O) groups excluding carboxylic acids is 1. The molecule has 0 aromatic heterocycles. The number of nitrogens with one attached hydrogen (secondary N) is 1. The minimum Gasteiger partial charge on any atom is -0.506 e. The van der Waals surface area contributed by atoms with Crippen molar-refractivity contribution in [1.29, 1.82) is 0 Å². The van der Waals surface area contributed by atoms with Crippen molar-refractivity contribution < 1.29 is 18.5 Å². The maximum absolute atomic E-state index is 14.7. The van der Waals surface area contributed by atoms with E-state index in [9.17, 15) is 18.5 Å². The lowest BCUT2D eigenvalue weighted by molar-refractivity contribution is -0.117. The molecule has 112 valence electrons. The highest BCUT2D eigenvalue weighted by atomic mass is 32.2. The van der Waals surface area contributed by atoms with E-state index in [4.69, 9.17) is 5.73 Å². The van der Waals surface area contributed by atoms with Crippen LogP contribution in [0.25, 0.3) is 5.57 Å². The molecule has 2 aliphatic rings. The van der Waals surface area contributed by atoms with Crippen molar-refractivity contribution in [1.82, 2.24) is 4.72 Å². The summed E-state index contributed by atoms with van der Waals surface area (Å²) in [5, 5.41) is 9.88. The number of phenolic OH excluding ortho intramolecular Hbond substituents is 1. The van der Waals surface area contributed by atoms with Gasteiger partial charge in [-0.1, -0.05) is 6.08 Å². The highest BCUT2D eigenvalue weighted by Gasteiger charge is 2.32. The second kappa shape index (κ2) is 5.12. The van der Waals surface area contributed by atoms with Crippen molar-refractivity contribution in [3.63, 3.8) is 0 Å². The van der Waals surface area contributed by atoms with Gasteiger partial charge in [-0.3, -0.25) is 13.8 Å². The van der Waals surface area contributed by atoms with Crippen molar-refractivity contribution in [2.24, 2.45) is 5.73 Å². The molecule has 1 amide bonds. The van der Waals surface area contributed by atoms with Crippen LogP contribution in [0.3, 0.4) is 0 Å². The van der Waals surface area contributed by atoms with Gasteiger partial charge in [-0.15, -0.1) is 0 Å². The molecule has 0 saturated carbocycles. The summed E-state index contributed by atoms with van der Waals surface area (Å²) in [4.78, 5) is 11.3. The number of halogens is 1. The highest BCUT2D eigenvalue weighted by Crippen LogP contribution is 2.38. The minimum absolute atomic E-state index is 0.0409. The number of anilines is 1. The molecule has 1 fully saturated rings. The molecular formula is C13H14FN3O3S. The Morgan fingerprint density at radius 1 is 1.48 bits per heavy atom. The highest BCUT2D eigenvalue weighted by molar-refractivity contribution is 7.85. The predicted molar refractivity (Wildman–Crippen MR) is 76.9 cm³/mol. The molecule has 2 atom stereocenters. The van der Waals surface area contributed by atoms with E-state index < -0.39 is 22.9 Å². The Bertz CT molecular complexity index is 677. The molecule has 8 heteroatoms. The second-order valence-electron chi connectivity index (χ2n) is 5.04. The van der Waals surface area contributed by atoms with Crippen LogP contribution in [-0.4, -0.2) is 27.8 Å². The van der Waals surface area contributed by atoms with Crippen LogP contribution in [0.15, 0.2) is 18.2 Å². The van der Waals surface area contributed by atoms with Crippen LogP contribution < -0.4 is 14.8 Å². The Morgan fingerprint density at radius 3 is 2.81 bits per heavy atom. The van der Waals surface area contributed by atoms with Gasteiger partial charge < -0.3 is 10.8 Å². The zero-order valence-electron chi connectivity index (χ0n) is 11.0. The Balaban J connectivity index is 2.05. The van der Waals surface area contributed by atoms with E-state index in [1.165, 1.54) is 12.1 Å². The van der Waals surface area contributed by atoms with Crippen LogP contribution in [-0.2, 0) is 16.0 Å². The largest absolute Gasteiger partial charge is 0.506 e. The van der Waals surface area contributed by atoms with Gasteiger partial charge in [0.2, 0.25) is 11.2 Å². The topological polar surface area (TPSA) is 95.7 Å². The van der Waals surface area contributed by atoms with E-state index in [-0.39, 0.29) is 24.0 Å². The Labute approximate surface area is 123 Å². The third-order valence-electron chi connectivity index (χ3n) is 3.53. The number of hydrogen-bond acceptors (Lipinski definition) is 4. The molecule has 6 nitrogen and oxygen atoms in total. The van der Waals surface area contributed by atoms with E-state index in [1.54, 1.807) is 0 Å². The van der Waals surface area contributed by atoms with Gasteiger partial charge in [-0.25, -0.2) is 8.60 Å². The zero-order chi connectivity index (χ0) is 15.1. The van der Waals surface area contributed by atoms with Gasteiger partial charge in [-0.2, -0.15) is 0 Å². The molecule has 4 N–H and O–H groups in total. The smallest absolute Gasteiger partial charge is 0.253 e. The Morgan fingerprint density at radius 2 is 2.24 bits per heavy atom. The van der Waals surface area contributed by atoms with Gasteiger partial charge in [0.1, 0.15) is 18.0 Å². The van der Waals surface area contributed by atoms with E-state index >= 15 is 0 Å². The SMILES string of the molecule is NC1CC=C(c2ccc(O)c(N3CC(=O)NS3=O)c2F)C1. The van der Waals surface area contributed by atoms with E-state index in [0.717, 1.165) is 9.88 Å². The van der Waals surface area contributed by atoms with Crippen LogP contribution >= 0.6 is 0 Å². The molecule has 1 heterocycles. The first-order valence-corrected chi connectivity index (χ1v) is 7.53. The van der Waals surface area contributed by atoms with E-state index in [0.29, 0.717) is 18.4 Å². The van der Waals surface area contributed by atoms with Gasteiger partial charge in [0, 0.05) is 11.6 Å². The molecule has 21 heavy (non-hydrogen) atoms. The van der Waals surface area contributed by atoms with Crippen molar-refractivity contribution in [2.45, 2.75) is 18.9 Å². The number of phenols is 1. The van der Waals surface area contributed by atoms with Crippen molar-refractivity contribution >= 4 is 28.3 Å². The molecule has 1 aromatic carbocycles. The summed E-state index contributed by atoms with van der Waals surface area (Å²) in [5.74, 6) is -1.54. The molecule has 0 radical (unpaired) electrons. The molecule has 1 saturated heterocycles. The van der Waals surface area contributed by atoms with Gasteiger partial charge in [0.25, 0.3) is 5.91 Å². The van der Waals surface area contributed by atoms with Crippen molar-refractivity contribution in [2.75, 3.05) is 10.8 Å². The number of nitrogens with zero attached hydrogens (tertiary/aromatic N) is 1. The molecule has 1 aromatic rings. The Kier molecular flexibility index (Phi) is 3.42. The Hall–Kier alpha value is -1.93. The number of nitrogens with two attached hydrogens (primary N) is 1. The predicted octanol–water partition coefficient (Wildman–Crippen LogP) is 0.551. The van der Waals surface area contributed by atoms with Crippen LogP contribution in [0, 0.1) is 5.82 Å². The third-order valence-corrected chi connectivity index (χ3v) is 4.64. The molecule has 0 spiro atoms. The summed E-state index contributed by atoms with van der Waals surface area (Å²) >= 11 is -1.89. The summed E-state index contributed by atoms with van der Waals surface area (Å²) in [5.41, 5.74) is 6.64. The van der Waals surface area contributed by atoms with Crippen LogP contribution in [0.5, 0.6) is 5.75 Å². The lowest BCUT2D eigenvalue weighted by Gasteiger charge is -2.18. The fourth-order valence-corrected chi connectivity index (χ4v) is 3.48. The number of amides is 1. The first-order chi connectivity index (χ1) is 9.97. The van der Waals surface area contributed by atoms with Crippen LogP contribution in [0.2, 0.25) is 0 Å². The fraction of sp³-hybridized carbons (Fsp3) is 0.308. The van der Waals surface area contributed by atoms with Gasteiger partial charge in [-0.05, 0) is 30.5 Å². The first-order valence-electron chi connectivity index (χ1n) is 6.42. The summed E-state index contributed by atoms with van der Waals surface area (Å²) < 4.78 is 29.6. The van der Waals surface area contributed by atoms with Crippen molar-refractivity contribution in [3.8, 4) is 5.75 Å². The fourth-order valence-electron chi connectivity index (χ4n) is 2.54. The maximum Gasteiger partial charge on any atom is 0.253 e. The van der Waals surface area contributed by atoms with Crippen LogP contribution in [0.1, 0.15) is 18.4 Å². The summed E-state index contributed by atoms with van der Waals surface area (Å²) in [6, 6.07) is 2.76. The summed E-state index contributed by atoms with van der Waals surface area (Å²) in [6.07, 6.45) is 3.07. The normalized spacial score (nSPS) is 25.1. The first kappa shape index (κ1) is 14.0. The summed E-state index contributed by atoms with van der Waals surface area (Å²) in [6.45, 7) is -0.265. The number of carbonyl (C=O) groups is 1. The minimum atomic E-state index is -1.89. The van der Waals surface area contributed by atoms with E-state index in [1.807, 2.05) is 6.08 Å². The third kappa shape index (κ3) is 2.40. The number of benzene rings is 1. The molecule has 1 aliphatic heterocycles. The van der Waals surface area contributed by atoms with Gasteiger partial charge >= 0.3 is 0 Å². The van der Waals surface area contributed by atoms with E-state index in [2.05, 4.69) is 4.72 Å². The number of hydrogen-bond donors (Lipinski definition) is 3. The quantitative estimate of drug-likeness (QED) is 0.743. The molecular weight excluding hydrogens is 297 g/mol. The average Bonchev–Trinajstić information content (AvgIpc) is 2.96. The number of rotatable bonds is 2. The molecule has 1 aliphatic carbocycles. The summed E-state index contributed by atoms with van der Waals surface area (Å²) in [7, 11) is 0. The molecule has 0 bridgehead atoms. The maximum atomic E-state index is 14.7. The monoisotopic (exact) mass is 311 g/mol. The second-order valence-corrected chi connectivity index (χ2v) is 6.18. The number of aromatic hydroxyl groups is 1. The lowest BCUT2D eigenvalue weighted by Crippen LogP contribution is -2.24.